The SMILES string of the molecule is Cc1cccc(NC(=O)CSc2nc(-c3ccc4c(c3)OCO4)cn2-c2cccc(Cl)c2)c1. The van der Waals surface area contributed by atoms with Gasteiger partial charge in [-0.2, -0.15) is 0 Å². The van der Waals surface area contributed by atoms with Crippen LogP contribution in [0.25, 0.3) is 16.9 Å². The van der Waals surface area contributed by atoms with Crippen molar-refractivity contribution in [2.75, 3.05) is 17.9 Å². The number of rotatable bonds is 6. The Kier molecular flexibility index (Phi) is 5.98. The van der Waals surface area contributed by atoms with Crippen LogP contribution in [-0.2, 0) is 4.79 Å². The number of hydrogen-bond donors (Lipinski definition) is 1. The van der Waals surface area contributed by atoms with E-state index in [1.165, 1.54) is 11.8 Å². The normalized spacial score (nSPS) is 12.1. The van der Waals surface area contributed by atoms with Gasteiger partial charge < -0.3 is 14.8 Å². The lowest BCUT2D eigenvalue weighted by Gasteiger charge is -2.08. The summed E-state index contributed by atoms with van der Waals surface area (Å²) in [6.45, 7) is 2.21. The Morgan fingerprint density at radius 3 is 2.79 bits per heavy atom. The van der Waals surface area contributed by atoms with E-state index in [1.54, 1.807) is 0 Å². The number of imidazole rings is 1. The number of carbonyl (C=O) groups is 1. The van der Waals surface area contributed by atoms with Gasteiger partial charge in [-0.1, -0.05) is 41.6 Å². The lowest BCUT2D eigenvalue weighted by atomic mass is 10.1. The molecule has 0 unspecified atom stereocenters. The van der Waals surface area contributed by atoms with Crippen LogP contribution < -0.4 is 14.8 Å². The number of hydrogen-bond acceptors (Lipinski definition) is 5. The highest BCUT2D eigenvalue weighted by Crippen LogP contribution is 2.36. The molecule has 6 nitrogen and oxygen atoms in total. The third-order valence-corrected chi connectivity index (χ3v) is 6.25. The summed E-state index contributed by atoms with van der Waals surface area (Å²) >= 11 is 7.59. The number of nitrogens with one attached hydrogen (secondary N) is 1. The minimum Gasteiger partial charge on any atom is -0.454 e. The predicted molar refractivity (Wildman–Crippen MR) is 131 cm³/mol. The summed E-state index contributed by atoms with van der Waals surface area (Å²) in [4.78, 5) is 17.4. The smallest absolute Gasteiger partial charge is 0.234 e. The Balaban J connectivity index is 1.42. The van der Waals surface area contributed by atoms with Gasteiger partial charge in [0.2, 0.25) is 12.7 Å². The zero-order chi connectivity index (χ0) is 22.8. The van der Waals surface area contributed by atoms with Gasteiger partial charge >= 0.3 is 0 Å². The van der Waals surface area contributed by atoms with Gasteiger partial charge in [-0.05, 0) is 61.0 Å². The van der Waals surface area contributed by atoms with E-state index in [4.69, 9.17) is 26.1 Å². The number of ether oxygens (including phenoxy) is 2. The molecule has 4 aromatic rings. The molecule has 0 bridgehead atoms. The van der Waals surface area contributed by atoms with Gasteiger partial charge in [0.25, 0.3) is 0 Å². The predicted octanol–water partition coefficient (Wildman–Crippen LogP) is 5.96. The van der Waals surface area contributed by atoms with E-state index < -0.39 is 0 Å². The van der Waals surface area contributed by atoms with Gasteiger partial charge in [0.1, 0.15) is 0 Å². The third kappa shape index (κ3) is 4.84. The molecule has 0 fully saturated rings. The first kappa shape index (κ1) is 21.4. The van der Waals surface area contributed by atoms with Gasteiger partial charge in [-0.15, -0.1) is 0 Å². The lowest BCUT2D eigenvalue weighted by molar-refractivity contribution is -0.113. The fourth-order valence-electron chi connectivity index (χ4n) is 3.52. The maximum absolute atomic E-state index is 12.6. The summed E-state index contributed by atoms with van der Waals surface area (Å²) in [5.41, 5.74) is 4.38. The van der Waals surface area contributed by atoms with Crippen molar-refractivity contribution in [3.05, 3.63) is 83.5 Å². The van der Waals surface area contributed by atoms with E-state index in [1.807, 2.05) is 84.4 Å². The fraction of sp³-hybridized carbons (Fsp3) is 0.120. The van der Waals surface area contributed by atoms with E-state index in [2.05, 4.69) is 5.32 Å². The van der Waals surface area contributed by atoms with Crippen LogP contribution in [0.4, 0.5) is 5.69 Å². The van der Waals surface area contributed by atoms with Crippen LogP contribution in [0.2, 0.25) is 5.02 Å². The molecule has 1 amide bonds. The topological polar surface area (TPSA) is 65.4 Å². The highest BCUT2D eigenvalue weighted by Gasteiger charge is 2.18. The lowest BCUT2D eigenvalue weighted by Crippen LogP contribution is -2.14. The minimum atomic E-state index is -0.101. The van der Waals surface area contributed by atoms with Crippen molar-refractivity contribution < 1.29 is 14.3 Å². The molecule has 0 spiro atoms. The van der Waals surface area contributed by atoms with Crippen molar-refractivity contribution in [3.8, 4) is 28.4 Å². The van der Waals surface area contributed by atoms with Gasteiger partial charge in [0, 0.05) is 28.2 Å². The molecule has 0 radical (unpaired) electrons. The number of nitrogens with zero attached hydrogens (tertiary/aromatic N) is 2. The number of anilines is 1. The highest BCUT2D eigenvalue weighted by molar-refractivity contribution is 7.99. The van der Waals surface area contributed by atoms with Gasteiger partial charge in [0.15, 0.2) is 16.7 Å². The Morgan fingerprint density at radius 1 is 1.09 bits per heavy atom. The van der Waals surface area contributed by atoms with Crippen LogP contribution in [0.1, 0.15) is 5.56 Å². The fourth-order valence-corrected chi connectivity index (χ4v) is 4.50. The van der Waals surface area contributed by atoms with Crippen molar-refractivity contribution in [3.63, 3.8) is 0 Å². The molecule has 1 aromatic heterocycles. The van der Waals surface area contributed by atoms with Crippen molar-refractivity contribution in [1.82, 2.24) is 9.55 Å². The Bertz CT molecular complexity index is 1340. The summed E-state index contributed by atoms with van der Waals surface area (Å²) < 4.78 is 12.9. The molecule has 0 saturated heterocycles. The maximum Gasteiger partial charge on any atom is 0.234 e. The molecule has 33 heavy (non-hydrogen) atoms. The molecule has 8 heteroatoms. The molecular formula is C25H20ClN3O3S. The molecule has 3 aromatic carbocycles. The second kappa shape index (κ2) is 9.21. The Hall–Kier alpha value is -3.42. The van der Waals surface area contributed by atoms with Crippen molar-refractivity contribution in [2.24, 2.45) is 0 Å². The second-order valence-electron chi connectivity index (χ2n) is 7.53. The van der Waals surface area contributed by atoms with Crippen molar-refractivity contribution in [2.45, 2.75) is 12.1 Å². The molecule has 0 atom stereocenters. The van der Waals surface area contributed by atoms with Crippen LogP contribution >= 0.6 is 23.4 Å². The summed E-state index contributed by atoms with van der Waals surface area (Å²) in [6, 6.07) is 21.0. The van der Waals surface area contributed by atoms with Crippen LogP contribution in [0.15, 0.2) is 78.1 Å². The van der Waals surface area contributed by atoms with Crippen molar-refractivity contribution in [1.29, 1.82) is 0 Å². The third-order valence-electron chi connectivity index (χ3n) is 5.06. The van der Waals surface area contributed by atoms with E-state index in [9.17, 15) is 4.79 Å². The van der Waals surface area contributed by atoms with Gasteiger partial charge in [-0.25, -0.2) is 4.98 Å². The minimum absolute atomic E-state index is 0.101. The molecule has 0 aliphatic carbocycles. The van der Waals surface area contributed by atoms with Crippen molar-refractivity contribution >= 4 is 35.0 Å². The van der Waals surface area contributed by atoms with Crippen LogP contribution in [0, 0.1) is 6.92 Å². The number of halogens is 1. The summed E-state index contributed by atoms with van der Waals surface area (Å²) in [5, 5.41) is 4.25. The number of carbonyl (C=O) groups excluding carboxylic acids is 1. The zero-order valence-electron chi connectivity index (χ0n) is 17.7. The van der Waals surface area contributed by atoms with E-state index in [0.29, 0.717) is 15.9 Å². The number of aromatic nitrogens is 2. The Labute approximate surface area is 200 Å². The first-order valence-corrected chi connectivity index (χ1v) is 11.7. The first-order valence-electron chi connectivity index (χ1n) is 10.3. The molecule has 1 aliphatic rings. The van der Waals surface area contributed by atoms with E-state index >= 15 is 0 Å². The van der Waals surface area contributed by atoms with Crippen LogP contribution in [0.5, 0.6) is 11.5 Å². The van der Waals surface area contributed by atoms with E-state index in [0.717, 1.165) is 33.9 Å². The van der Waals surface area contributed by atoms with E-state index in [-0.39, 0.29) is 18.5 Å². The molecule has 5 rings (SSSR count). The molecule has 0 saturated carbocycles. The summed E-state index contributed by atoms with van der Waals surface area (Å²) in [5.74, 6) is 1.52. The number of benzene rings is 3. The first-order chi connectivity index (χ1) is 16.0. The maximum atomic E-state index is 12.6. The molecular weight excluding hydrogens is 458 g/mol. The monoisotopic (exact) mass is 477 g/mol. The number of fused-ring (bicyclic) bond motifs is 1. The average Bonchev–Trinajstić information content (AvgIpc) is 3.44. The number of thioether (sulfide) groups is 1. The van der Waals surface area contributed by atoms with Crippen LogP contribution in [0.3, 0.4) is 0 Å². The van der Waals surface area contributed by atoms with Gasteiger partial charge in [-0.3, -0.25) is 9.36 Å². The largest absolute Gasteiger partial charge is 0.454 e. The number of aryl methyl sites for hydroxylation is 1. The summed E-state index contributed by atoms with van der Waals surface area (Å²) in [7, 11) is 0. The molecule has 1 N–H and O–H groups in total. The standard InChI is InChI=1S/C25H20ClN3O3S/c1-16-4-2-6-19(10-16)27-24(30)14-33-25-28-21(13-29(25)20-7-3-5-18(26)12-20)17-8-9-22-23(11-17)32-15-31-22/h2-13H,14-15H2,1H3,(H,27,30). The Morgan fingerprint density at radius 2 is 1.94 bits per heavy atom. The quantitative estimate of drug-likeness (QED) is 0.347. The average molecular weight is 478 g/mol. The number of amides is 1. The zero-order valence-corrected chi connectivity index (χ0v) is 19.3. The highest BCUT2D eigenvalue weighted by atomic mass is 35.5. The summed E-state index contributed by atoms with van der Waals surface area (Å²) in [6.07, 6.45) is 1.93. The van der Waals surface area contributed by atoms with Gasteiger partial charge in [0.05, 0.1) is 11.4 Å². The second-order valence-corrected chi connectivity index (χ2v) is 8.91. The molecule has 166 valence electrons. The molecule has 1 aliphatic heterocycles. The van der Waals surface area contributed by atoms with Crippen LogP contribution in [-0.4, -0.2) is 28.0 Å². The molecule has 2 heterocycles.